The molecule has 0 radical (unpaired) electrons. The molecular weight excluding hydrogens is 251 g/mol. The number of amidine groups is 1. The van der Waals surface area contributed by atoms with Crippen LogP contribution in [0.25, 0.3) is 0 Å². The smallest absolute Gasteiger partial charge is 0.357 e. The Kier molecular flexibility index (Phi) is 7.00. The van der Waals surface area contributed by atoms with Gasteiger partial charge < -0.3 is 9.42 Å². The molecule has 0 N–H and O–H groups in total. The molecule has 0 aliphatic rings. The van der Waals surface area contributed by atoms with Crippen molar-refractivity contribution in [2.45, 2.75) is 19.1 Å². The van der Waals surface area contributed by atoms with Crippen molar-refractivity contribution in [2.24, 2.45) is 4.76 Å². The van der Waals surface area contributed by atoms with Crippen LogP contribution in [-0.2, 0) is 9.09 Å². The molecule has 0 heterocycles. The number of rotatable bonds is 4. The van der Waals surface area contributed by atoms with Gasteiger partial charge in [0.25, 0.3) is 0 Å². The topological polar surface area (TPSA) is 41.9 Å². The van der Waals surface area contributed by atoms with E-state index in [0.717, 1.165) is 16.5 Å². The zero-order chi connectivity index (χ0) is 12.1. The first-order chi connectivity index (χ1) is 6.84. The summed E-state index contributed by atoms with van der Waals surface area (Å²) in [6, 6.07) is 0. The Morgan fingerprint density at radius 2 is 2.00 bits per heavy atom. The average molecular weight is 270 g/mol. The minimum absolute atomic E-state index is 0.401. The van der Waals surface area contributed by atoms with Crippen LogP contribution in [0.15, 0.2) is 4.76 Å². The Morgan fingerprint density at radius 3 is 2.27 bits per heavy atom. The van der Waals surface area contributed by atoms with Gasteiger partial charge in [0.05, 0.1) is 0 Å². The highest BCUT2D eigenvalue weighted by molar-refractivity contribution is 8.56. The summed E-state index contributed by atoms with van der Waals surface area (Å²) in [6.07, 6.45) is 1.74. The van der Waals surface area contributed by atoms with Crippen LogP contribution < -0.4 is 0 Å². The standard InChI is InChI=1S/C8H19N2O2PS2/c1-7(2)15-8(10(3)4)9-13(11,12-5)14-6/h7H,1-6H3/b9-8-. The highest BCUT2D eigenvalue weighted by atomic mass is 32.7. The van der Waals surface area contributed by atoms with Gasteiger partial charge in [0.15, 0.2) is 5.17 Å². The largest absolute Gasteiger partial charge is 0.373 e. The van der Waals surface area contributed by atoms with Crippen LogP contribution >= 0.6 is 29.9 Å². The van der Waals surface area contributed by atoms with Crippen LogP contribution in [0.3, 0.4) is 0 Å². The predicted molar refractivity (Wildman–Crippen MR) is 72.0 cm³/mol. The van der Waals surface area contributed by atoms with Crippen molar-refractivity contribution in [1.82, 2.24) is 4.90 Å². The summed E-state index contributed by atoms with van der Waals surface area (Å²) in [5, 5.41) is 1.14. The highest BCUT2D eigenvalue weighted by Crippen LogP contribution is 2.59. The summed E-state index contributed by atoms with van der Waals surface area (Å²) < 4.78 is 21.1. The second-order valence-corrected chi connectivity index (χ2v) is 9.17. The molecule has 0 spiro atoms. The molecule has 1 unspecified atom stereocenters. The summed E-state index contributed by atoms with van der Waals surface area (Å²) in [5.41, 5.74) is 0. The molecule has 0 fully saturated rings. The Bertz CT molecular complexity index is 261. The lowest BCUT2D eigenvalue weighted by Gasteiger charge is -2.18. The third-order valence-corrected chi connectivity index (χ3v) is 6.10. The van der Waals surface area contributed by atoms with Gasteiger partial charge in [-0.25, -0.2) is 0 Å². The fourth-order valence-corrected chi connectivity index (χ4v) is 3.61. The summed E-state index contributed by atoms with van der Waals surface area (Å²) in [6.45, 7) is 1.23. The zero-order valence-corrected chi connectivity index (χ0v) is 12.6. The van der Waals surface area contributed by atoms with E-state index in [1.807, 2.05) is 19.0 Å². The van der Waals surface area contributed by atoms with Crippen molar-refractivity contribution >= 4 is 35.0 Å². The first-order valence-corrected chi connectivity index (χ1v) is 8.79. The fraction of sp³-hybridized carbons (Fsp3) is 0.875. The maximum absolute atomic E-state index is 12.0. The molecule has 0 rings (SSSR count). The van der Waals surface area contributed by atoms with E-state index in [0.29, 0.717) is 5.25 Å². The van der Waals surface area contributed by atoms with Gasteiger partial charge >= 0.3 is 6.72 Å². The van der Waals surface area contributed by atoms with Crippen molar-refractivity contribution in [2.75, 3.05) is 27.5 Å². The number of hydrogen-bond donors (Lipinski definition) is 0. The third kappa shape index (κ3) is 5.85. The molecule has 15 heavy (non-hydrogen) atoms. The van der Waals surface area contributed by atoms with Crippen molar-refractivity contribution in [1.29, 1.82) is 0 Å². The van der Waals surface area contributed by atoms with E-state index in [-0.39, 0.29) is 0 Å². The highest BCUT2D eigenvalue weighted by Gasteiger charge is 2.21. The molecule has 1 atom stereocenters. The predicted octanol–water partition coefficient (Wildman–Crippen LogP) is 3.16. The van der Waals surface area contributed by atoms with Gasteiger partial charge in [-0.15, -0.1) is 0 Å². The van der Waals surface area contributed by atoms with E-state index in [1.165, 1.54) is 7.11 Å². The van der Waals surface area contributed by atoms with Crippen molar-refractivity contribution in [3.63, 3.8) is 0 Å². The van der Waals surface area contributed by atoms with E-state index in [9.17, 15) is 4.57 Å². The molecule has 0 aromatic heterocycles. The monoisotopic (exact) mass is 270 g/mol. The summed E-state index contributed by atoms with van der Waals surface area (Å²) >= 11 is 2.73. The first kappa shape index (κ1) is 15.4. The number of nitrogens with zero attached hydrogens (tertiary/aromatic N) is 2. The Balaban J connectivity index is 4.89. The maximum Gasteiger partial charge on any atom is 0.373 e. The molecule has 0 aromatic carbocycles. The van der Waals surface area contributed by atoms with Gasteiger partial charge in [0.2, 0.25) is 0 Å². The van der Waals surface area contributed by atoms with Crippen LogP contribution in [-0.4, -0.2) is 42.8 Å². The molecule has 7 heteroatoms. The summed E-state index contributed by atoms with van der Waals surface area (Å²) in [4.78, 5) is 1.85. The number of thioether (sulfide) groups is 1. The normalized spacial score (nSPS) is 16.6. The molecule has 0 aliphatic heterocycles. The average Bonchev–Trinajstić information content (AvgIpc) is 2.16. The maximum atomic E-state index is 12.0. The lowest BCUT2D eigenvalue weighted by molar-refractivity contribution is 0.410. The van der Waals surface area contributed by atoms with Gasteiger partial charge in [-0.3, -0.25) is 4.57 Å². The van der Waals surface area contributed by atoms with Crippen LogP contribution in [0.5, 0.6) is 0 Å². The SMILES string of the molecule is COP(=O)(/N=C(\SC(C)C)N(C)C)SC. The summed E-state index contributed by atoms with van der Waals surface area (Å²) in [5.74, 6) is 0. The molecule has 90 valence electrons. The molecule has 0 amide bonds. The van der Waals surface area contributed by atoms with Gasteiger partial charge in [-0.2, -0.15) is 4.76 Å². The Morgan fingerprint density at radius 1 is 1.47 bits per heavy atom. The van der Waals surface area contributed by atoms with E-state index in [1.54, 1.807) is 18.0 Å². The number of hydrogen-bond acceptors (Lipinski definition) is 4. The minimum Gasteiger partial charge on any atom is -0.357 e. The molecule has 0 bridgehead atoms. The van der Waals surface area contributed by atoms with E-state index in [4.69, 9.17) is 4.52 Å². The Labute approximate surface area is 100 Å². The molecule has 0 aliphatic carbocycles. The molecule has 0 saturated carbocycles. The molecule has 0 aromatic rings. The van der Waals surface area contributed by atoms with Gasteiger partial charge in [-0.05, 0) is 17.6 Å². The first-order valence-electron chi connectivity index (χ1n) is 4.50. The van der Waals surface area contributed by atoms with Gasteiger partial charge in [0, 0.05) is 26.5 Å². The van der Waals surface area contributed by atoms with Crippen LogP contribution in [0.4, 0.5) is 0 Å². The molecular formula is C8H19N2O2PS2. The van der Waals surface area contributed by atoms with Crippen molar-refractivity contribution in [3.05, 3.63) is 0 Å². The van der Waals surface area contributed by atoms with Crippen LogP contribution in [0.2, 0.25) is 0 Å². The quantitative estimate of drug-likeness (QED) is 0.446. The lowest BCUT2D eigenvalue weighted by Crippen LogP contribution is -2.20. The van der Waals surface area contributed by atoms with Crippen LogP contribution in [0.1, 0.15) is 13.8 Å². The van der Waals surface area contributed by atoms with Crippen LogP contribution in [0, 0.1) is 0 Å². The zero-order valence-electron chi connectivity index (χ0n) is 10.1. The lowest BCUT2D eigenvalue weighted by atomic mass is 10.6. The fourth-order valence-electron chi connectivity index (χ4n) is 0.690. The molecule has 4 nitrogen and oxygen atoms in total. The minimum atomic E-state index is -2.91. The second-order valence-electron chi connectivity index (χ2n) is 3.28. The molecule has 0 saturated heterocycles. The van der Waals surface area contributed by atoms with Gasteiger partial charge in [-0.1, -0.05) is 25.6 Å². The van der Waals surface area contributed by atoms with E-state index >= 15 is 0 Å². The van der Waals surface area contributed by atoms with Crippen molar-refractivity contribution in [3.8, 4) is 0 Å². The van der Waals surface area contributed by atoms with Gasteiger partial charge in [0.1, 0.15) is 0 Å². The van der Waals surface area contributed by atoms with E-state index in [2.05, 4.69) is 18.6 Å². The Hall–Kier alpha value is 0.360. The van der Waals surface area contributed by atoms with Crippen molar-refractivity contribution < 1.29 is 9.09 Å². The second kappa shape index (κ2) is 6.84. The summed E-state index contributed by atoms with van der Waals surface area (Å²) in [7, 11) is 5.19. The van der Waals surface area contributed by atoms with E-state index < -0.39 is 6.72 Å². The third-order valence-electron chi connectivity index (χ3n) is 1.39.